The van der Waals surface area contributed by atoms with E-state index >= 15 is 0 Å². The predicted octanol–water partition coefficient (Wildman–Crippen LogP) is -0.513. The van der Waals surface area contributed by atoms with Crippen LogP contribution in [0.25, 0.3) is 0 Å². The van der Waals surface area contributed by atoms with E-state index in [4.69, 9.17) is 10.5 Å². The molecule has 0 radical (unpaired) electrons. The van der Waals surface area contributed by atoms with Crippen molar-refractivity contribution in [2.75, 3.05) is 26.8 Å². The normalized spacial score (nSPS) is 20.2. The van der Waals surface area contributed by atoms with Gasteiger partial charge in [0.25, 0.3) is 0 Å². The summed E-state index contributed by atoms with van der Waals surface area (Å²) in [4.78, 5) is 18.1. The van der Waals surface area contributed by atoms with Crippen molar-refractivity contribution < 1.29 is 9.53 Å². The van der Waals surface area contributed by atoms with Crippen molar-refractivity contribution in [3.8, 4) is 0 Å². The van der Waals surface area contributed by atoms with Crippen LogP contribution in [0.5, 0.6) is 0 Å². The monoisotopic (exact) mass is 264 g/mol. The molecule has 1 fully saturated rings. The largest absolute Gasteiger partial charge is 0.378 e. The van der Waals surface area contributed by atoms with Crippen LogP contribution < -0.4 is 11.1 Å². The Bertz CT molecular complexity index is 438. The van der Waals surface area contributed by atoms with Crippen molar-refractivity contribution in [3.05, 3.63) is 29.6 Å². The van der Waals surface area contributed by atoms with Crippen LogP contribution in [0.4, 0.5) is 0 Å². The molecular formula is C13H20N4O2. The number of pyridine rings is 1. The fourth-order valence-corrected chi connectivity index (χ4v) is 2.21. The van der Waals surface area contributed by atoms with Crippen LogP contribution in [0, 0.1) is 0 Å². The highest BCUT2D eigenvalue weighted by molar-refractivity contribution is 5.81. The number of aromatic nitrogens is 1. The van der Waals surface area contributed by atoms with E-state index in [2.05, 4.69) is 15.2 Å². The molecule has 0 spiro atoms. The van der Waals surface area contributed by atoms with Gasteiger partial charge in [-0.2, -0.15) is 0 Å². The Morgan fingerprint density at radius 3 is 3.26 bits per heavy atom. The Balaban J connectivity index is 2.08. The Morgan fingerprint density at radius 2 is 2.53 bits per heavy atom. The molecule has 0 aromatic carbocycles. The van der Waals surface area contributed by atoms with Gasteiger partial charge in [0, 0.05) is 32.9 Å². The van der Waals surface area contributed by atoms with Crippen molar-refractivity contribution in [1.29, 1.82) is 0 Å². The number of nitrogens with one attached hydrogen (secondary N) is 1. The maximum Gasteiger partial charge on any atom is 0.239 e. The van der Waals surface area contributed by atoms with Crippen molar-refractivity contribution in [3.63, 3.8) is 0 Å². The van der Waals surface area contributed by atoms with Gasteiger partial charge in [0.15, 0.2) is 0 Å². The third kappa shape index (κ3) is 3.50. The molecule has 1 aliphatic heterocycles. The SMILES string of the molecule is CNC(=O)C1COCCN1Cc1ccnc(CN)c1. The number of morpholine rings is 1. The van der Waals surface area contributed by atoms with Gasteiger partial charge in [-0.3, -0.25) is 14.7 Å². The molecule has 1 amide bonds. The molecule has 0 bridgehead atoms. The molecule has 6 nitrogen and oxygen atoms in total. The highest BCUT2D eigenvalue weighted by atomic mass is 16.5. The number of carbonyl (C=O) groups is 1. The zero-order valence-corrected chi connectivity index (χ0v) is 11.1. The molecule has 2 heterocycles. The molecule has 1 atom stereocenters. The minimum Gasteiger partial charge on any atom is -0.378 e. The number of amides is 1. The number of carbonyl (C=O) groups excluding carboxylic acids is 1. The van der Waals surface area contributed by atoms with E-state index in [9.17, 15) is 4.79 Å². The molecule has 3 N–H and O–H groups in total. The van der Waals surface area contributed by atoms with Crippen LogP contribution in [-0.2, 0) is 22.6 Å². The van der Waals surface area contributed by atoms with Crippen molar-refractivity contribution >= 4 is 5.91 Å². The second-order valence-electron chi connectivity index (χ2n) is 4.53. The van der Waals surface area contributed by atoms with Crippen LogP contribution >= 0.6 is 0 Å². The highest BCUT2D eigenvalue weighted by Gasteiger charge is 2.28. The summed E-state index contributed by atoms with van der Waals surface area (Å²) in [5, 5.41) is 2.68. The van der Waals surface area contributed by atoms with Gasteiger partial charge in [-0.15, -0.1) is 0 Å². The number of nitrogens with two attached hydrogens (primary N) is 1. The Kier molecular flexibility index (Phi) is 4.84. The zero-order valence-electron chi connectivity index (χ0n) is 11.1. The predicted molar refractivity (Wildman–Crippen MR) is 71.2 cm³/mol. The number of ether oxygens (including phenoxy) is 1. The molecule has 1 unspecified atom stereocenters. The maximum atomic E-state index is 11.8. The lowest BCUT2D eigenvalue weighted by atomic mass is 10.1. The molecule has 6 heteroatoms. The maximum absolute atomic E-state index is 11.8. The van der Waals surface area contributed by atoms with E-state index in [1.165, 1.54) is 0 Å². The van der Waals surface area contributed by atoms with E-state index in [0.29, 0.717) is 26.3 Å². The summed E-state index contributed by atoms with van der Waals surface area (Å²) >= 11 is 0. The molecule has 1 saturated heterocycles. The topological polar surface area (TPSA) is 80.5 Å². The lowest BCUT2D eigenvalue weighted by Gasteiger charge is -2.34. The molecule has 1 aromatic heterocycles. The van der Waals surface area contributed by atoms with Crippen molar-refractivity contribution in [2.45, 2.75) is 19.1 Å². The van der Waals surface area contributed by atoms with E-state index in [0.717, 1.165) is 17.8 Å². The molecule has 1 aliphatic rings. The molecule has 2 rings (SSSR count). The number of likely N-dealkylation sites (N-methyl/N-ethyl adjacent to an activating group) is 1. The first-order valence-corrected chi connectivity index (χ1v) is 6.42. The molecule has 104 valence electrons. The smallest absolute Gasteiger partial charge is 0.239 e. The standard InChI is InChI=1S/C13H20N4O2/c1-15-13(18)12-9-19-5-4-17(12)8-10-2-3-16-11(6-10)7-14/h2-3,6,12H,4-5,7-9,14H2,1H3,(H,15,18). The van der Waals surface area contributed by atoms with Gasteiger partial charge in [-0.05, 0) is 17.7 Å². The van der Waals surface area contributed by atoms with E-state index < -0.39 is 0 Å². The number of nitrogens with zero attached hydrogens (tertiary/aromatic N) is 2. The van der Waals surface area contributed by atoms with Gasteiger partial charge in [-0.1, -0.05) is 0 Å². The molecule has 0 aliphatic carbocycles. The van der Waals surface area contributed by atoms with Crippen LogP contribution in [0.15, 0.2) is 18.3 Å². The van der Waals surface area contributed by atoms with Crippen molar-refractivity contribution in [2.24, 2.45) is 5.73 Å². The Labute approximate surface area is 112 Å². The minimum absolute atomic E-state index is 0.00666. The molecule has 19 heavy (non-hydrogen) atoms. The first-order valence-electron chi connectivity index (χ1n) is 6.42. The highest BCUT2D eigenvalue weighted by Crippen LogP contribution is 2.13. The van der Waals surface area contributed by atoms with E-state index in [1.54, 1.807) is 13.2 Å². The zero-order chi connectivity index (χ0) is 13.7. The fourth-order valence-electron chi connectivity index (χ4n) is 2.21. The van der Waals surface area contributed by atoms with Crippen LogP contribution in [-0.4, -0.2) is 48.6 Å². The Hall–Kier alpha value is -1.50. The summed E-state index contributed by atoms with van der Waals surface area (Å²) in [5.41, 5.74) is 7.57. The van der Waals surface area contributed by atoms with Crippen molar-refractivity contribution in [1.82, 2.24) is 15.2 Å². The summed E-state index contributed by atoms with van der Waals surface area (Å²) < 4.78 is 5.38. The molecule has 1 aromatic rings. The first-order chi connectivity index (χ1) is 9.24. The summed E-state index contributed by atoms with van der Waals surface area (Å²) in [7, 11) is 1.65. The van der Waals surface area contributed by atoms with Gasteiger partial charge in [-0.25, -0.2) is 0 Å². The minimum atomic E-state index is -0.228. The molecule has 0 saturated carbocycles. The second kappa shape index (κ2) is 6.60. The second-order valence-corrected chi connectivity index (χ2v) is 4.53. The number of hydrogen-bond acceptors (Lipinski definition) is 5. The third-order valence-electron chi connectivity index (χ3n) is 3.26. The lowest BCUT2D eigenvalue weighted by Crippen LogP contribution is -2.52. The van der Waals surface area contributed by atoms with Gasteiger partial charge >= 0.3 is 0 Å². The molecular weight excluding hydrogens is 244 g/mol. The van der Waals surface area contributed by atoms with Gasteiger partial charge in [0.2, 0.25) is 5.91 Å². The van der Waals surface area contributed by atoms with E-state index in [1.807, 2.05) is 12.1 Å². The quantitative estimate of drug-likeness (QED) is 0.765. The van der Waals surface area contributed by atoms with Gasteiger partial charge in [0.05, 0.1) is 18.9 Å². The number of rotatable bonds is 4. The average molecular weight is 264 g/mol. The summed E-state index contributed by atoms with van der Waals surface area (Å²) in [5.74, 6) is -0.00666. The summed E-state index contributed by atoms with van der Waals surface area (Å²) in [6, 6.07) is 3.71. The van der Waals surface area contributed by atoms with Gasteiger partial charge < -0.3 is 15.8 Å². The lowest BCUT2D eigenvalue weighted by molar-refractivity contribution is -0.132. The van der Waals surface area contributed by atoms with E-state index in [-0.39, 0.29) is 11.9 Å². The fraction of sp³-hybridized carbons (Fsp3) is 0.538. The number of hydrogen-bond donors (Lipinski definition) is 2. The average Bonchev–Trinajstić information content (AvgIpc) is 2.47. The van der Waals surface area contributed by atoms with Gasteiger partial charge in [0.1, 0.15) is 6.04 Å². The third-order valence-corrected chi connectivity index (χ3v) is 3.26. The summed E-state index contributed by atoms with van der Waals surface area (Å²) in [6.07, 6.45) is 1.76. The van der Waals surface area contributed by atoms with Crippen LogP contribution in [0.1, 0.15) is 11.3 Å². The summed E-state index contributed by atoms with van der Waals surface area (Å²) in [6.45, 7) is 2.97. The first kappa shape index (κ1) is 13.9. The van der Waals surface area contributed by atoms with Crippen LogP contribution in [0.3, 0.4) is 0 Å². The van der Waals surface area contributed by atoms with Crippen LogP contribution in [0.2, 0.25) is 0 Å². The Morgan fingerprint density at radius 1 is 1.68 bits per heavy atom.